The van der Waals surface area contributed by atoms with Gasteiger partial charge < -0.3 is 14.4 Å². The first-order valence-corrected chi connectivity index (χ1v) is 8.58. The first kappa shape index (κ1) is 17.9. The van der Waals surface area contributed by atoms with Gasteiger partial charge in [0.15, 0.2) is 5.82 Å². The first-order chi connectivity index (χ1) is 12.6. The Morgan fingerprint density at radius 1 is 1.35 bits per heavy atom. The largest absolute Gasteiger partial charge is 0.360 e. The Kier molecular flexibility index (Phi) is 5.80. The Morgan fingerprint density at radius 3 is 2.81 bits per heavy atom. The van der Waals surface area contributed by atoms with Crippen LogP contribution in [0.25, 0.3) is 0 Å². The number of hydrogen-bond acceptors (Lipinski definition) is 5. The molecule has 3 aromatic rings. The zero-order chi connectivity index (χ0) is 18.4. The van der Waals surface area contributed by atoms with Crippen molar-refractivity contribution in [2.45, 2.75) is 25.9 Å². The Morgan fingerprint density at radius 2 is 2.15 bits per heavy atom. The molecule has 1 amide bonds. The van der Waals surface area contributed by atoms with Crippen molar-refractivity contribution in [1.82, 2.24) is 19.6 Å². The van der Waals surface area contributed by atoms with Crippen LogP contribution in [0.4, 0.5) is 5.82 Å². The number of hydrogen-bond donors (Lipinski definition) is 1. The van der Waals surface area contributed by atoms with Gasteiger partial charge in [-0.2, -0.15) is 0 Å². The number of aromatic nitrogens is 3. The number of rotatable bonds is 8. The fourth-order valence-corrected chi connectivity index (χ4v) is 2.91. The zero-order valence-corrected chi connectivity index (χ0v) is 15.0. The predicted octanol–water partition coefficient (Wildman–Crippen LogP) is 2.88. The van der Waals surface area contributed by atoms with Gasteiger partial charge in [0.2, 0.25) is 5.91 Å². The molecule has 0 aliphatic rings. The molecule has 0 aliphatic carbocycles. The predicted molar refractivity (Wildman–Crippen MR) is 98.5 cm³/mol. The maximum atomic E-state index is 12.9. The van der Waals surface area contributed by atoms with E-state index in [2.05, 4.69) is 20.4 Å². The summed E-state index contributed by atoms with van der Waals surface area (Å²) in [6.45, 7) is 3.42. The molecule has 0 spiro atoms. The average molecular weight is 353 g/mol. The molecule has 7 heteroatoms. The molecule has 1 aromatic carbocycles. The number of carbonyl (C=O) groups is 1. The molecule has 2 heterocycles. The van der Waals surface area contributed by atoms with Crippen LogP contribution in [0.5, 0.6) is 0 Å². The molecule has 26 heavy (non-hydrogen) atoms. The lowest BCUT2D eigenvalue weighted by molar-refractivity contribution is -0.121. The smallest absolute Gasteiger partial charge is 0.247 e. The number of nitrogens with zero attached hydrogens (tertiary/aromatic N) is 4. The lowest BCUT2D eigenvalue weighted by Crippen LogP contribution is -2.35. The lowest BCUT2D eigenvalue weighted by atomic mass is 10.0. The molecule has 0 fully saturated rings. The van der Waals surface area contributed by atoms with E-state index in [9.17, 15) is 4.79 Å². The molecular weight excluding hydrogens is 330 g/mol. The third-order valence-electron chi connectivity index (χ3n) is 4.17. The molecule has 7 nitrogen and oxygen atoms in total. The SMILES string of the molecule is Cc1cc(NC(=O)C(c2ccccc2)N(C)CCCn2ccnc2)no1. The standard InChI is InChI=1S/C19H23N5O2/c1-15-13-17(22-26-15)21-19(25)18(16-7-4-3-5-8-16)23(2)10-6-11-24-12-9-20-14-24/h3-5,7-9,12-14,18H,6,10-11H2,1-2H3,(H,21,22,25). The molecular formula is C19H23N5O2. The van der Waals surface area contributed by atoms with Crippen molar-refractivity contribution in [2.75, 3.05) is 18.9 Å². The molecule has 1 unspecified atom stereocenters. The van der Waals surface area contributed by atoms with Crippen LogP contribution in [-0.2, 0) is 11.3 Å². The van der Waals surface area contributed by atoms with E-state index in [4.69, 9.17) is 4.52 Å². The summed E-state index contributed by atoms with van der Waals surface area (Å²) in [4.78, 5) is 19.0. The second kappa shape index (κ2) is 8.44. The monoisotopic (exact) mass is 353 g/mol. The van der Waals surface area contributed by atoms with Crippen LogP contribution < -0.4 is 5.32 Å². The Hall–Kier alpha value is -2.93. The van der Waals surface area contributed by atoms with Gasteiger partial charge in [-0.15, -0.1) is 0 Å². The van der Waals surface area contributed by atoms with E-state index >= 15 is 0 Å². The average Bonchev–Trinajstić information content (AvgIpc) is 3.28. The molecule has 1 N–H and O–H groups in total. The molecule has 0 saturated heterocycles. The third kappa shape index (κ3) is 4.58. The van der Waals surface area contributed by atoms with E-state index in [1.165, 1.54) is 0 Å². The minimum Gasteiger partial charge on any atom is -0.360 e. The van der Waals surface area contributed by atoms with Crippen LogP contribution in [-0.4, -0.2) is 39.1 Å². The Bertz CT molecular complexity index is 814. The van der Waals surface area contributed by atoms with Crippen molar-refractivity contribution in [3.8, 4) is 0 Å². The Balaban J connectivity index is 1.69. The molecule has 0 bridgehead atoms. The van der Waals surface area contributed by atoms with E-state index in [0.717, 1.165) is 25.1 Å². The van der Waals surface area contributed by atoms with Crippen LogP contribution in [0.3, 0.4) is 0 Å². The number of anilines is 1. The van der Waals surface area contributed by atoms with Gasteiger partial charge >= 0.3 is 0 Å². The van der Waals surface area contributed by atoms with Crippen LogP contribution >= 0.6 is 0 Å². The van der Waals surface area contributed by atoms with Crippen LogP contribution in [0, 0.1) is 6.92 Å². The number of nitrogens with one attached hydrogen (secondary N) is 1. The molecule has 0 saturated carbocycles. The minimum atomic E-state index is -0.406. The van der Waals surface area contributed by atoms with Crippen molar-refractivity contribution in [3.05, 3.63) is 66.4 Å². The number of imidazole rings is 1. The van der Waals surface area contributed by atoms with Gasteiger partial charge in [-0.1, -0.05) is 35.5 Å². The third-order valence-corrected chi connectivity index (χ3v) is 4.17. The number of benzene rings is 1. The van der Waals surface area contributed by atoms with E-state index in [1.54, 1.807) is 25.5 Å². The Labute approximate surface area is 152 Å². The second-order valence-corrected chi connectivity index (χ2v) is 6.26. The summed E-state index contributed by atoms with van der Waals surface area (Å²) < 4.78 is 7.06. The van der Waals surface area contributed by atoms with Crippen molar-refractivity contribution in [2.24, 2.45) is 0 Å². The van der Waals surface area contributed by atoms with Gasteiger partial charge in [-0.05, 0) is 26.0 Å². The van der Waals surface area contributed by atoms with Gasteiger partial charge in [-0.3, -0.25) is 9.69 Å². The number of aryl methyl sites for hydroxylation is 2. The van der Waals surface area contributed by atoms with Crippen molar-refractivity contribution < 1.29 is 9.32 Å². The highest BCUT2D eigenvalue weighted by Crippen LogP contribution is 2.22. The summed E-state index contributed by atoms with van der Waals surface area (Å²) >= 11 is 0. The highest BCUT2D eigenvalue weighted by molar-refractivity contribution is 5.94. The van der Waals surface area contributed by atoms with E-state index in [0.29, 0.717) is 11.6 Å². The summed E-state index contributed by atoms with van der Waals surface area (Å²) in [5.41, 5.74) is 0.940. The molecule has 2 aromatic heterocycles. The highest BCUT2D eigenvalue weighted by Gasteiger charge is 2.25. The lowest BCUT2D eigenvalue weighted by Gasteiger charge is -2.27. The van der Waals surface area contributed by atoms with Gasteiger partial charge in [0, 0.05) is 31.5 Å². The van der Waals surface area contributed by atoms with Gasteiger partial charge in [0.1, 0.15) is 11.8 Å². The number of likely N-dealkylation sites (N-methyl/N-ethyl adjacent to an activating group) is 1. The normalized spacial score (nSPS) is 12.3. The summed E-state index contributed by atoms with van der Waals surface area (Å²) in [5, 5.41) is 6.70. The van der Waals surface area contributed by atoms with Crippen LogP contribution in [0.2, 0.25) is 0 Å². The summed E-state index contributed by atoms with van der Waals surface area (Å²) in [7, 11) is 1.96. The first-order valence-electron chi connectivity index (χ1n) is 8.58. The summed E-state index contributed by atoms with van der Waals surface area (Å²) in [6.07, 6.45) is 6.42. The van der Waals surface area contributed by atoms with Crippen molar-refractivity contribution in [3.63, 3.8) is 0 Å². The fraction of sp³-hybridized carbons (Fsp3) is 0.316. The van der Waals surface area contributed by atoms with Crippen LogP contribution in [0.15, 0.2) is 59.6 Å². The van der Waals surface area contributed by atoms with Gasteiger partial charge in [-0.25, -0.2) is 4.98 Å². The molecule has 3 rings (SSSR count). The van der Waals surface area contributed by atoms with Crippen LogP contribution in [0.1, 0.15) is 23.8 Å². The quantitative estimate of drug-likeness (QED) is 0.674. The second-order valence-electron chi connectivity index (χ2n) is 6.26. The topological polar surface area (TPSA) is 76.2 Å². The van der Waals surface area contributed by atoms with E-state index < -0.39 is 6.04 Å². The van der Waals surface area contributed by atoms with Gasteiger partial charge in [0.25, 0.3) is 0 Å². The highest BCUT2D eigenvalue weighted by atomic mass is 16.5. The molecule has 0 aliphatic heterocycles. The number of carbonyl (C=O) groups excluding carboxylic acids is 1. The number of amides is 1. The van der Waals surface area contributed by atoms with E-state index in [1.807, 2.05) is 48.1 Å². The maximum absolute atomic E-state index is 12.9. The summed E-state index contributed by atoms with van der Waals surface area (Å²) in [6, 6.07) is 11.0. The molecule has 136 valence electrons. The molecule has 1 atom stereocenters. The van der Waals surface area contributed by atoms with Gasteiger partial charge in [0.05, 0.1) is 6.33 Å². The fourth-order valence-electron chi connectivity index (χ4n) is 2.91. The van der Waals surface area contributed by atoms with E-state index in [-0.39, 0.29) is 5.91 Å². The maximum Gasteiger partial charge on any atom is 0.247 e. The van der Waals surface area contributed by atoms with Crippen molar-refractivity contribution >= 4 is 11.7 Å². The zero-order valence-electron chi connectivity index (χ0n) is 15.0. The minimum absolute atomic E-state index is 0.130. The van der Waals surface area contributed by atoms with Crippen molar-refractivity contribution in [1.29, 1.82) is 0 Å². The molecule has 0 radical (unpaired) electrons. The summed E-state index contributed by atoms with van der Waals surface area (Å²) in [5.74, 6) is 0.958.